The highest BCUT2D eigenvalue weighted by atomic mass is 35.5. The number of hydrogen-bond donors (Lipinski definition) is 1. The second-order valence-corrected chi connectivity index (χ2v) is 13.0. The van der Waals surface area contributed by atoms with Crippen molar-refractivity contribution in [2.45, 2.75) is 22.7 Å². The number of ether oxygens (including phenoxy) is 3. The topological polar surface area (TPSA) is 111 Å². The molecule has 0 aliphatic carbocycles. The number of benzene rings is 4. The summed E-state index contributed by atoms with van der Waals surface area (Å²) in [7, 11) is 2.78. The van der Waals surface area contributed by atoms with Crippen molar-refractivity contribution in [3.63, 3.8) is 0 Å². The van der Waals surface area contributed by atoms with Gasteiger partial charge in [0.2, 0.25) is 5.13 Å². The van der Waals surface area contributed by atoms with Gasteiger partial charge in [0, 0.05) is 16.3 Å². The molecule has 2 heterocycles. The fraction of sp³-hybridized carbons (Fsp3) is 0.143. The van der Waals surface area contributed by atoms with Crippen LogP contribution in [-0.4, -0.2) is 41.2 Å². The summed E-state index contributed by atoms with van der Waals surface area (Å²) in [5.74, 6) is -2.01. The van der Waals surface area contributed by atoms with Gasteiger partial charge >= 0.3 is 5.91 Å². The number of halogens is 2. The number of aliphatic hydroxyl groups excluding tert-OH is 1. The maximum atomic E-state index is 14.7. The van der Waals surface area contributed by atoms with Crippen molar-refractivity contribution in [2.24, 2.45) is 0 Å². The molecule has 5 aromatic rings. The van der Waals surface area contributed by atoms with Crippen molar-refractivity contribution in [2.75, 3.05) is 19.1 Å². The van der Waals surface area contributed by atoms with Crippen LogP contribution in [0.15, 0.2) is 101 Å². The Morgan fingerprint density at radius 3 is 2.40 bits per heavy atom. The van der Waals surface area contributed by atoms with Gasteiger partial charge in [-0.3, -0.25) is 14.5 Å². The SMILES string of the molecule is COc1ccc(C(O)=C2C(=O)C(=O)N(c3nnc(SCc4ccccc4Cl)s3)C2c2ccc(OCc3ccccc3)c(OC)c2)cc1F. The second-order valence-electron chi connectivity index (χ2n) is 10.4. The van der Waals surface area contributed by atoms with E-state index < -0.39 is 29.3 Å². The van der Waals surface area contributed by atoms with Gasteiger partial charge in [-0.1, -0.05) is 89.3 Å². The first-order chi connectivity index (χ1) is 23.3. The summed E-state index contributed by atoms with van der Waals surface area (Å²) in [4.78, 5) is 28.6. The van der Waals surface area contributed by atoms with Crippen LogP contribution >= 0.6 is 34.7 Å². The number of methoxy groups -OCH3 is 2. The lowest BCUT2D eigenvalue weighted by Gasteiger charge is -2.23. The monoisotopic (exact) mass is 703 g/mol. The number of Topliss-reactive ketones (excluding diaryl/α,β-unsaturated/α-hetero) is 1. The Labute approximate surface area is 288 Å². The smallest absolute Gasteiger partial charge is 0.301 e. The van der Waals surface area contributed by atoms with E-state index in [1.54, 1.807) is 24.3 Å². The van der Waals surface area contributed by atoms with Gasteiger partial charge < -0.3 is 19.3 Å². The Bertz CT molecular complexity index is 2020. The van der Waals surface area contributed by atoms with Gasteiger partial charge in [-0.15, -0.1) is 10.2 Å². The molecule has 1 aliphatic heterocycles. The molecule has 48 heavy (non-hydrogen) atoms. The van der Waals surface area contributed by atoms with Crippen LogP contribution in [0, 0.1) is 5.82 Å². The number of aromatic nitrogens is 2. The van der Waals surface area contributed by atoms with Crippen LogP contribution in [0.4, 0.5) is 9.52 Å². The van der Waals surface area contributed by atoms with E-state index in [-0.39, 0.29) is 28.6 Å². The lowest BCUT2D eigenvalue weighted by atomic mass is 9.95. The molecule has 1 N–H and O–H groups in total. The van der Waals surface area contributed by atoms with Gasteiger partial charge in [-0.2, -0.15) is 0 Å². The number of rotatable bonds is 11. The minimum atomic E-state index is -1.17. The molecule has 13 heteroatoms. The Morgan fingerprint density at radius 1 is 0.938 bits per heavy atom. The molecule has 6 rings (SSSR count). The van der Waals surface area contributed by atoms with E-state index in [2.05, 4.69) is 10.2 Å². The number of thioether (sulfide) groups is 1. The minimum Gasteiger partial charge on any atom is -0.507 e. The number of anilines is 1. The molecule has 0 spiro atoms. The average Bonchev–Trinajstić information content (AvgIpc) is 3.68. The molecule has 4 aromatic carbocycles. The van der Waals surface area contributed by atoms with Crippen molar-refractivity contribution in [3.8, 4) is 17.2 Å². The van der Waals surface area contributed by atoms with E-state index in [1.807, 2.05) is 48.5 Å². The molecule has 9 nitrogen and oxygen atoms in total. The first-order valence-electron chi connectivity index (χ1n) is 14.5. The standard InChI is InChI=1S/C35H27ClFN3O6S2/c1-44-26-14-13-22(16-25(26)37)31(41)29-30(21-12-15-27(28(17-21)45-2)46-18-20-8-4-3-5-9-20)40(33(43)32(29)42)34-38-39-35(48-34)47-19-23-10-6-7-11-24(23)36/h3-17,30,41H,18-19H2,1-2H3. The Balaban J connectivity index is 1.40. The van der Waals surface area contributed by atoms with Crippen molar-refractivity contribution >= 4 is 57.3 Å². The number of carbonyl (C=O) groups excluding carboxylic acids is 2. The summed E-state index contributed by atoms with van der Waals surface area (Å²) in [6, 6.07) is 24.6. The number of amides is 1. The van der Waals surface area contributed by atoms with Crippen LogP contribution < -0.4 is 19.1 Å². The lowest BCUT2D eigenvalue weighted by Crippen LogP contribution is -2.29. The Kier molecular flexibility index (Phi) is 9.95. The maximum Gasteiger partial charge on any atom is 0.301 e. The molecular formula is C35H27ClFN3O6S2. The maximum absolute atomic E-state index is 14.7. The molecule has 1 amide bonds. The summed E-state index contributed by atoms with van der Waals surface area (Å²) in [6.07, 6.45) is 0. The zero-order chi connectivity index (χ0) is 33.8. The first-order valence-corrected chi connectivity index (χ1v) is 16.7. The Hall–Kier alpha value is -4.91. The summed E-state index contributed by atoms with van der Waals surface area (Å²) >= 11 is 8.80. The fourth-order valence-electron chi connectivity index (χ4n) is 5.14. The summed E-state index contributed by atoms with van der Waals surface area (Å²) in [6.45, 7) is 0.275. The van der Waals surface area contributed by atoms with E-state index in [1.165, 1.54) is 43.0 Å². The molecule has 1 aliphatic rings. The third kappa shape index (κ3) is 6.73. The van der Waals surface area contributed by atoms with Crippen LogP contribution in [0.3, 0.4) is 0 Å². The third-order valence-electron chi connectivity index (χ3n) is 7.52. The molecule has 1 atom stereocenters. The molecular weight excluding hydrogens is 677 g/mol. The Morgan fingerprint density at radius 2 is 1.67 bits per heavy atom. The van der Waals surface area contributed by atoms with Crippen LogP contribution in [0.1, 0.15) is 28.3 Å². The molecule has 244 valence electrons. The van der Waals surface area contributed by atoms with E-state index in [0.717, 1.165) is 28.5 Å². The first kappa shape index (κ1) is 33.0. The molecule has 1 unspecified atom stereocenters. The number of carbonyl (C=O) groups is 2. The van der Waals surface area contributed by atoms with Gasteiger partial charge in [0.1, 0.15) is 12.4 Å². The molecule has 1 fully saturated rings. The average molecular weight is 704 g/mol. The van der Waals surface area contributed by atoms with Crippen molar-refractivity contribution < 1.29 is 33.3 Å². The van der Waals surface area contributed by atoms with Gasteiger partial charge in [-0.25, -0.2) is 4.39 Å². The molecule has 1 saturated heterocycles. The summed E-state index contributed by atoms with van der Waals surface area (Å²) in [5.41, 5.74) is 1.98. The summed E-state index contributed by atoms with van der Waals surface area (Å²) in [5, 5.41) is 20.7. The molecule has 1 aromatic heterocycles. The summed E-state index contributed by atoms with van der Waals surface area (Å²) < 4.78 is 31.9. The van der Waals surface area contributed by atoms with Crippen LogP contribution in [-0.2, 0) is 21.9 Å². The quantitative estimate of drug-likeness (QED) is 0.0484. The fourth-order valence-corrected chi connectivity index (χ4v) is 7.29. The van der Waals surface area contributed by atoms with Crippen molar-refractivity contribution in [1.29, 1.82) is 0 Å². The number of aliphatic hydroxyl groups is 1. The highest BCUT2D eigenvalue weighted by Crippen LogP contribution is 2.46. The number of nitrogens with zero attached hydrogens (tertiary/aromatic N) is 3. The number of ketones is 1. The number of hydrogen-bond acceptors (Lipinski definition) is 10. The lowest BCUT2D eigenvalue weighted by molar-refractivity contribution is -0.132. The van der Waals surface area contributed by atoms with Crippen LogP contribution in [0.5, 0.6) is 17.2 Å². The highest BCUT2D eigenvalue weighted by Gasteiger charge is 2.48. The zero-order valence-electron chi connectivity index (χ0n) is 25.6. The predicted molar refractivity (Wildman–Crippen MR) is 182 cm³/mol. The zero-order valence-corrected chi connectivity index (χ0v) is 27.9. The molecule has 0 saturated carbocycles. The van der Waals surface area contributed by atoms with Crippen LogP contribution in [0.2, 0.25) is 5.02 Å². The van der Waals surface area contributed by atoms with E-state index in [9.17, 15) is 19.1 Å². The third-order valence-corrected chi connectivity index (χ3v) is 9.99. The van der Waals surface area contributed by atoms with Crippen molar-refractivity contribution in [1.82, 2.24) is 10.2 Å². The van der Waals surface area contributed by atoms with E-state index >= 15 is 0 Å². The second kappa shape index (κ2) is 14.5. The molecule has 0 radical (unpaired) electrons. The minimum absolute atomic E-state index is 0.0145. The highest BCUT2D eigenvalue weighted by molar-refractivity contribution is 8.00. The van der Waals surface area contributed by atoms with Gasteiger partial charge in [0.05, 0.1) is 25.8 Å². The van der Waals surface area contributed by atoms with E-state index in [0.29, 0.717) is 32.2 Å². The van der Waals surface area contributed by atoms with Crippen molar-refractivity contribution in [3.05, 3.63) is 130 Å². The van der Waals surface area contributed by atoms with E-state index in [4.69, 9.17) is 25.8 Å². The van der Waals surface area contributed by atoms with Gasteiger partial charge in [0.15, 0.2) is 27.4 Å². The molecule has 0 bridgehead atoms. The van der Waals surface area contributed by atoms with Gasteiger partial charge in [0.25, 0.3) is 5.78 Å². The normalized spacial score (nSPS) is 15.5. The largest absolute Gasteiger partial charge is 0.507 e. The van der Waals surface area contributed by atoms with Gasteiger partial charge in [-0.05, 0) is 53.1 Å². The van der Waals surface area contributed by atoms with Crippen LogP contribution in [0.25, 0.3) is 5.76 Å². The predicted octanol–water partition coefficient (Wildman–Crippen LogP) is 7.85.